The van der Waals surface area contributed by atoms with Gasteiger partial charge in [0, 0.05) is 39.8 Å². The molecule has 0 radical (unpaired) electrons. The summed E-state index contributed by atoms with van der Waals surface area (Å²) in [5.41, 5.74) is 1.37. The number of hydrogen-bond acceptors (Lipinski definition) is 11. The Kier molecular flexibility index (Phi) is 9.98. The lowest BCUT2D eigenvalue weighted by molar-refractivity contribution is -0.392. The van der Waals surface area contributed by atoms with Gasteiger partial charge in [-0.25, -0.2) is 15.0 Å². The van der Waals surface area contributed by atoms with E-state index >= 15 is 0 Å². The predicted octanol–water partition coefficient (Wildman–Crippen LogP) is 0.874. The molecule has 0 atom stereocenters. The van der Waals surface area contributed by atoms with Crippen molar-refractivity contribution in [3.8, 4) is 0 Å². The van der Waals surface area contributed by atoms with E-state index in [1.165, 1.54) is 24.4 Å². The summed E-state index contributed by atoms with van der Waals surface area (Å²) in [5, 5.41) is 22.9. The van der Waals surface area contributed by atoms with E-state index in [1.807, 2.05) is 4.57 Å². The van der Waals surface area contributed by atoms with Gasteiger partial charge in [-0.1, -0.05) is 0 Å². The molecule has 4 heterocycles. The van der Waals surface area contributed by atoms with Crippen molar-refractivity contribution < 1.29 is 4.92 Å². The number of hydrogen-bond donors (Lipinski definition) is 3. The molecule has 4 rings (SSSR count). The van der Waals surface area contributed by atoms with Crippen LogP contribution in [0, 0.1) is 10.1 Å². The number of nitrogens with zero attached hydrogens (tertiary/aromatic N) is 8. The molecule has 3 aromatic heterocycles. The number of rotatable bonds is 7. The van der Waals surface area contributed by atoms with Crippen molar-refractivity contribution in [3.05, 3.63) is 29.1 Å². The average Bonchev–Trinajstić information content (AvgIpc) is 3.45. The van der Waals surface area contributed by atoms with Crippen molar-refractivity contribution in [2.75, 3.05) is 58.9 Å². The van der Waals surface area contributed by atoms with Crippen LogP contribution >= 0.6 is 11.8 Å². The molecule has 196 valence electrons. The topological polar surface area (TPSA) is 144 Å². The highest BCUT2D eigenvalue weighted by Gasteiger charge is 2.23. The Hall–Kier alpha value is -2.65. The Bertz CT molecular complexity index is 1100. The third kappa shape index (κ3) is 7.20. The second-order valence-electron chi connectivity index (χ2n) is 8.78. The van der Waals surface area contributed by atoms with Crippen LogP contribution in [0.3, 0.4) is 0 Å². The molecule has 13 nitrogen and oxygen atoms in total. The second-order valence-corrected chi connectivity index (χ2v) is 9.76. The number of fused-ring (bicyclic) bond motifs is 1. The largest absolute Gasteiger partial charge is 0.396 e. The van der Waals surface area contributed by atoms with Crippen LogP contribution in [0.2, 0.25) is 0 Å². The van der Waals surface area contributed by atoms with E-state index in [0.717, 1.165) is 90.4 Å². The fourth-order valence-corrected chi connectivity index (χ4v) is 5.13. The minimum Gasteiger partial charge on any atom is -0.358 e. The Morgan fingerprint density at radius 3 is 2.53 bits per heavy atom. The Labute approximate surface area is 214 Å². The number of nitro groups is 1. The quantitative estimate of drug-likeness (QED) is 0.233. The molecule has 0 bridgehead atoms. The van der Waals surface area contributed by atoms with Crippen molar-refractivity contribution in [1.29, 1.82) is 0 Å². The molecule has 14 heteroatoms. The smallest absolute Gasteiger partial charge is 0.358 e. The number of aryl methyl sites for hydroxylation is 2. The highest BCUT2D eigenvalue weighted by atomic mass is 32.2. The Morgan fingerprint density at radius 1 is 0.944 bits per heavy atom. The zero-order chi connectivity index (χ0) is 25.2. The van der Waals surface area contributed by atoms with E-state index in [0.29, 0.717) is 15.6 Å². The summed E-state index contributed by atoms with van der Waals surface area (Å²) in [6, 6.07) is 0. The standard InChI is InChI=1S/C22H35N11O2S/c1-30-16-29-20(33(34)35)22(30)36-21-18-19(26-15-27-21)32(17-28-18)13-4-12-31-11-3-7-24-9-8-23-5-2-6-25-10-14-31/h15-17,23-25H,2-14H2,1H3. The van der Waals surface area contributed by atoms with Gasteiger partial charge in [-0.05, 0) is 73.7 Å². The minimum absolute atomic E-state index is 0.188. The van der Waals surface area contributed by atoms with Crippen molar-refractivity contribution in [1.82, 2.24) is 49.9 Å². The first-order chi connectivity index (χ1) is 17.6. The third-order valence-corrected chi connectivity index (χ3v) is 7.25. The van der Waals surface area contributed by atoms with E-state index in [2.05, 4.69) is 40.8 Å². The zero-order valence-corrected chi connectivity index (χ0v) is 21.5. The van der Waals surface area contributed by atoms with Crippen molar-refractivity contribution >= 4 is 28.7 Å². The van der Waals surface area contributed by atoms with E-state index in [1.54, 1.807) is 17.9 Å². The molecule has 1 aliphatic heterocycles. The molecule has 3 N–H and O–H groups in total. The molecular weight excluding hydrogens is 482 g/mol. The van der Waals surface area contributed by atoms with E-state index in [9.17, 15) is 10.1 Å². The van der Waals surface area contributed by atoms with E-state index in [-0.39, 0.29) is 5.82 Å². The molecule has 36 heavy (non-hydrogen) atoms. The van der Waals surface area contributed by atoms with Crippen molar-refractivity contribution in [2.24, 2.45) is 7.05 Å². The van der Waals surface area contributed by atoms with Crippen LogP contribution < -0.4 is 16.0 Å². The first kappa shape index (κ1) is 26.4. The molecule has 0 unspecified atom stereocenters. The third-order valence-electron chi connectivity index (χ3n) is 6.09. The normalized spacial score (nSPS) is 17.2. The van der Waals surface area contributed by atoms with Gasteiger partial charge >= 0.3 is 5.82 Å². The van der Waals surface area contributed by atoms with Gasteiger partial charge in [-0.2, -0.15) is 0 Å². The second kappa shape index (κ2) is 13.6. The predicted molar refractivity (Wildman–Crippen MR) is 138 cm³/mol. The molecular formula is C22H35N11O2S. The highest BCUT2D eigenvalue weighted by Crippen LogP contribution is 2.35. The molecule has 1 aliphatic rings. The van der Waals surface area contributed by atoms with Gasteiger partial charge < -0.3 is 40.1 Å². The molecule has 1 fully saturated rings. The maximum atomic E-state index is 11.3. The van der Waals surface area contributed by atoms with E-state index < -0.39 is 4.92 Å². The molecule has 3 aromatic rings. The molecule has 0 spiro atoms. The number of aromatic nitrogens is 6. The lowest BCUT2D eigenvalue weighted by Crippen LogP contribution is -2.37. The lowest BCUT2D eigenvalue weighted by Gasteiger charge is -2.23. The van der Waals surface area contributed by atoms with Gasteiger partial charge in [0.2, 0.25) is 6.33 Å². The molecule has 1 saturated heterocycles. The lowest BCUT2D eigenvalue weighted by atomic mass is 10.3. The summed E-state index contributed by atoms with van der Waals surface area (Å²) >= 11 is 1.19. The van der Waals surface area contributed by atoms with Gasteiger partial charge in [0.05, 0.1) is 6.33 Å². The monoisotopic (exact) mass is 517 g/mol. The van der Waals surface area contributed by atoms with Crippen LogP contribution in [-0.4, -0.2) is 97.8 Å². The maximum Gasteiger partial charge on any atom is 0.396 e. The summed E-state index contributed by atoms with van der Waals surface area (Å²) in [6.45, 7) is 10.0. The zero-order valence-electron chi connectivity index (χ0n) is 20.7. The first-order valence-corrected chi connectivity index (χ1v) is 13.3. The van der Waals surface area contributed by atoms with Crippen LogP contribution in [0.4, 0.5) is 5.82 Å². The first-order valence-electron chi connectivity index (χ1n) is 12.5. The van der Waals surface area contributed by atoms with Crippen molar-refractivity contribution in [3.63, 3.8) is 0 Å². The van der Waals surface area contributed by atoms with Crippen LogP contribution in [0.15, 0.2) is 29.0 Å². The van der Waals surface area contributed by atoms with Gasteiger partial charge in [0.1, 0.15) is 16.9 Å². The van der Waals surface area contributed by atoms with Gasteiger partial charge in [0.15, 0.2) is 10.7 Å². The summed E-state index contributed by atoms with van der Waals surface area (Å²) in [6.07, 6.45) is 7.94. The van der Waals surface area contributed by atoms with Crippen LogP contribution in [0.25, 0.3) is 11.2 Å². The van der Waals surface area contributed by atoms with Crippen LogP contribution in [-0.2, 0) is 13.6 Å². The number of nitrogens with one attached hydrogen (secondary N) is 3. The van der Waals surface area contributed by atoms with Gasteiger partial charge in [-0.15, -0.1) is 0 Å². The molecule has 0 saturated carbocycles. The fourth-order valence-electron chi connectivity index (χ4n) is 4.19. The summed E-state index contributed by atoms with van der Waals surface area (Å²) in [7, 11) is 1.73. The van der Waals surface area contributed by atoms with Crippen LogP contribution in [0.5, 0.6) is 0 Å². The maximum absolute atomic E-state index is 11.3. The van der Waals surface area contributed by atoms with E-state index in [4.69, 9.17) is 0 Å². The highest BCUT2D eigenvalue weighted by molar-refractivity contribution is 7.99. The summed E-state index contributed by atoms with van der Waals surface area (Å²) in [5.74, 6) is -0.188. The summed E-state index contributed by atoms with van der Waals surface area (Å²) in [4.78, 5) is 30.6. The van der Waals surface area contributed by atoms with Crippen LogP contribution in [0.1, 0.15) is 19.3 Å². The van der Waals surface area contributed by atoms with Gasteiger partial charge in [0.25, 0.3) is 0 Å². The average molecular weight is 518 g/mol. The van der Waals surface area contributed by atoms with Gasteiger partial charge in [-0.3, -0.25) is 0 Å². The van der Waals surface area contributed by atoms with Crippen molar-refractivity contribution in [2.45, 2.75) is 35.9 Å². The molecule has 0 aliphatic carbocycles. The minimum atomic E-state index is -0.483. The fraction of sp³-hybridized carbons (Fsp3) is 0.636. The number of imidazole rings is 2. The molecule has 0 amide bonds. The summed E-state index contributed by atoms with van der Waals surface area (Å²) < 4.78 is 3.66. The Morgan fingerprint density at radius 2 is 1.72 bits per heavy atom. The SMILES string of the molecule is Cn1cnc([N+](=O)[O-])c1Sc1ncnc2c1ncn2CCCN1CCCNCCNCCCNCC1. The molecule has 0 aromatic carbocycles. The Balaban J connectivity index is 1.36.